The number of halogens is 3. The molecule has 194 valence electrons. The molecule has 0 bridgehead atoms. The molecule has 2 fully saturated rings. The first-order chi connectivity index (χ1) is 17.4. The van der Waals surface area contributed by atoms with Crippen LogP contribution in [0.25, 0.3) is 11.3 Å². The number of aromatic nitrogens is 2. The van der Waals surface area contributed by atoms with E-state index >= 15 is 0 Å². The average Bonchev–Trinajstić information content (AvgIpc) is 3.40. The summed E-state index contributed by atoms with van der Waals surface area (Å²) in [5, 5.41) is 2.26. The summed E-state index contributed by atoms with van der Waals surface area (Å²) in [6.07, 6.45) is -3.96. The van der Waals surface area contributed by atoms with E-state index in [4.69, 9.17) is 0 Å². The van der Waals surface area contributed by atoms with Gasteiger partial charge in [0.25, 0.3) is 0 Å². The van der Waals surface area contributed by atoms with Crippen molar-refractivity contribution in [2.24, 2.45) is 0 Å². The van der Waals surface area contributed by atoms with Crippen LogP contribution in [0, 0.1) is 6.92 Å². The standard InChI is InChI=1S/C26H25F3N4O3S/c1-16-14-20(17-8-10-18(11-9-17)26(27,28)29)31-23(30-16)22-21(37(35,36)19-6-4-3-5-7-19)15-25(32-22)12-13-33(2)24(25)34/h3-11,14,21-22,32H,12-13,15H2,1-2H3. The summed E-state index contributed by atoms with van der Waals surface area (Å²) in [6, 6.07) is 13.4. The molecule has 1 amide bonds. The van der Waals surface area contributed by atoms with E-state index in [0.717, 1.165) is 12.1 Å². The average molecular weight is 531 g/mol. The van der Waals surface area contributed by atoms with Crippen LogP contribution in [0.5, 0.6) is 0 Å². The number of likely N-dealkylation sites (N-methyl/N-ethyl adjacent to an activating group) is 1. The van der Waals surface area contributed by atoms with E-state index in [0.29, 0.717) is 29.9 Å². The minimum atomic E-state index is -4.46. The summed E-state index contributed by atoms with van der Waals surface area (Å²) >= 11 is 0. The van der Waals surface area contributed by atoms with Gasteiger partial charge < -0.3 is 4.90 Å². The maximum atomic E-state index is 13.8. The number of carbonyl (C=O) groups excluding carboxylic acids is 1. The molecule has 0 radical (unpaired) electrons. The number of alkyl halides is 3. The maximum absolute atomic E-state index is 13.8. The van der Waals surface area contributed by atoms with E-state index in [1.165, 1.54) is 24.3 Å². The number of nitrogens with zero attached hydrogens (tertiary/aromatic N) is 3. The van der Waals surface area contributed by atoms with Gasteiger partial charge in [0.15, 0.2) is 9.84 Å². The summed E-state index contributed by atoms with van der Waals surface area (Å²) in [7, 11) is -2.21. The quantitative estimate of drug-likeness (QED) is 0.549. The number of hydrogen-bond acceptors (Lipinski definition) is 6. The first-order valence-electron chi connectivity index (χ1n) is 11.8. The monoisotopic (exact) mass is 530 g/mol. The van der Waals surface area contributed by atoms with Gasteiger partial charge >= 0.3 is 6.18 Å². The fourth-order valence-corrected chi connectivity index (χ4v) is 7.12. The van der Waals surface area contributed by atoms with Crippen LogP contribution >= 0.6 is 0 Å². The largest absolute Gasteiger partial charge is 0.416 e. The third-order valence-electron chi connectivity index (χ3n) is 7.11. The number of rotatable bonds is 4. The molecule has 1 aromatic heterocycles. The summed E-state index contributed by atoms with van der Waals surface area (Å²) in [6.45, 7) is 2.20. The van der Waals surface area contributed by atoms with Crippen molar-refractivity contribution in [3.05, 3.63) is 77.7 Å². The molecule has 0 aliphatic carbocycles. The van der Waals surface area contributed by atoms with Crippen molar-refractivity contribution in [3.8, 4) is 11.3 Å². The molecule has 3 atom stereocenters. The first kappa shape index (κ1) is 25.3. The SMILES string of the molecule is Cc1cc(-c2ccc(C(F)(F)F)cc2)nc(C2NC3(CCN(C)C3=O)CC2S(=O)(=O)c2ccccc2)n1. The van der Waals surface area contributed by atoms with Gasteiger partial charge in [-0.15, -0.1) is 0 Å². The second kappa shape index (κ2) is 8.91. The highest BCUT2D eigenvalue weighted by Crippen LogP contribution is 2.43. The zero-order valence-corrected chi connectivity index (χ0v) is 21.0. The molecular formula is C26H25F3N4O3S. The van der Waals surface area contributed by atoms with Gasteiger partial charge in [0.2, 0.25) is 5.91 Å². The van der Waals surface area contributed by atoms with Crippen LogP contribution in [0.1, 0.15) is 36.0 Å². The van der Waals surface area contributed by atoms with E-state index in [1.807, 2.05) is 0 Å². The van der Waals surface area contributed by atoms with Crippen LogP contribution in [0.2, 0.25) is 0 Å². The van der Waals surface area contributed by atoms with E-state index in [2.05, 4.69) is 15.3 Å². The molecular weight excluding hydrogens is 505 g/mol. The minimum absolute atomic E-state index is 0.0605. The van der Waals surface area contributed by atoms with Crippen LogP contribution in [0.15, 0.2) is 65.6 Å². The molecule has 1 N–H and O–H groups in total. The lowest BCUT2D eigenvalue weighted by Gasteiger charge is -2.23. The highest BCUT2D eigenvalue weighted by molar-refractivity contribution is 7.92. The molecule has 1 spiro atoms. The number of sulfone groups is 1. The zero-order chi connectivity index (χ0) is 26.6. The van der Waals surface area contributed by atoms with Crippen molar-refractivity contribution in [1.29, 1.82) is 0 Å². The molecule has 3 aromatic rings. The van der Waals surface area contributed by atoms with Crippen molar-refractivity contribution >= 4 is 15.7 Å². The Hall–Kier alpha value is -3.31. The topological polar surface area (TPSA) is 92.3 Å². The normalized spacial score (nSPS) is 24.2. The molecule has 2 aliphatic rings. The number of carbonyl (C=O) groups is 1. The lowest BCUT2D eigenvalue weighted by Crippen LogP contribution is -2.47. The van der Waals surface area contributed by atoms with Crippen molar-refractivity contribution in [2.75, 3.05) is 13.6 Å². The number of likely N-dealkylation sites (tertiary alicyclic amines) is 1. The number of hydrogen-bond donors (Lipinski definition) is 1. The number of benzene rings is 2. The molecule has 37 heavy (non-hydrogen) atoms. The van der Waals surface area contributed by atoms with E-state index in [-0.39, 0.29) is 23.0 Å². The second-order valence-corrected chi connectivity index (χ2v) is 11.8. The predicted molar refractivity (Wildman–Crippen MR) is 130 cm³/mol. The molecule has 5 rings (SSSR count). The number of amides is 1. The summed E-state index contributed by atoms with van der Waals surface area (Å²) in [5.74, 6) is -0.00231. The fraction of sp³-hybridized carbons (Fsp3) is 0.346. The van der Waals surface area contributed by atoms with Crippen molar-refractivity contribution < 1.29 is 26.4 Å². The Bertz CT molecular complexity index is 1450. The van der Waals surface area contributed by atoms with Gasteiger partial charge in [-0.25, -0.2) is 18.4 Å². The number of aryl methyl sites for hydroxylation is 1. The van der Waals surface area contributed by atoms with E-state index < -0.39 is 38.4 Å². The molecule has 3 unspecified atom stereocenters. The zero-order valence-electron chi connectivity index (χ0n) is 20.2. The van der Waals surface area contributed by atoms with Crippen molar-refractivity contribution in [3.63, 3.8) is 0 Å². The van der Waals surface area contributed by atoms with Crippen molar-refractivity contribution in [2.45, 2.75) is 47.7 Å². The predicted octanol–water partition coefficient (Wildman–Crippen LogP) is 3.95. The molecule has 2 aromatic carbocycles. The maximum Gasteiger partial charge on any atom is 0.416 e. The van der Waals surface area contributed by atoms with Gasteiger partial charge in [0.1, 0.15) is 11.4 Å². The van der Waals surface area contributed by atoms with Crippen LogP contribution in [0.4, 0.5) is 13.2 Å². The van der Waals surface area contributed by atoms with Gasteiger partial charge in [-0.2, -0.15) is 13.2 Å². The highest BCUT2D eigenvalue weighted by Gasteiger charge is 2.58. The van der Waals surface area contributed by atoms with E-state index in [9.17, 15) is 26.4 Å². The Kier molecular flexibility index (Phi) is 6.11. The van der Waals surface area contributed by atoms with Crippen molar-refractivity contribution in [1.82, 2.24) is 20.2 Å². The fourth-order valence-electron chi connectivity index (χ4n) is 5.18. The van der Waals surface area contributed by atoms with Crippen LogP contribution < -0.4 is 5.32 Å². The molecule has 7 nitrogen and oxygen atoms in total. The lowest BCUT2D eigenvalue weighted by atomic mass is 9.96. The summed E-state index contributed by atoms with van der Waals surface area (Å²) < 4.78 is 66.7. The van der Waals surface area contributed by atoms with Crippen LogP contribution in [0.3, 0.4) is 0 Å². The molecule has 2 aliphatic heterocycles. The Morgan fingerprint density at radius 3 is 2.32 bits per heavy atom. The minimum Gasteiger partial charge on any atom is -0.344 e. The van der Waals surface area contributed by atoms with E-state index in [1.54, 1.807) is 43.1 Å². The summed E-state index contributed by atoms with van der Waals surface area (Å²) in [5.41, 5.74) is -0.516. The summed E-state index contributed by atoms with van der Waals surface area (Å²) in [4.78, 5) is 23.9. The Morgan fingerprint density at radius 2 is 1.73 bits per heavy atom. The smallest absolute Gasteiger partial charge is 0.344 e. The molecule has 2 saturated heterocycles. The molecule has 11 heteroatoms. The Morgan fingerprint density at radius 1 is 1.05 bits per heavy atom. The van der Waals surface area contributed by atoms with Crippen LogP contribution in [-0.4, -0.2) is 53.6 Å². The van der Waals surface area contributed by atoms with Gasteiger partial charge in [-0.05, 0) is 50.1 Å². The van der Waals surface area contributed by atoms with Crippen LogP contribution in [-0.2, 0) is 20.8 Å². The third kappa shape index (κ3) is 4.50. The van der Waals surface area contributed by atoms with Gasteiger partial charge in [-0.3, -0.25) is 10.1 Å². The third-order valence-corrected chi connectivity index (χ3v) is 9.28. The van der Waals surface area contributed by atoms with Gasteiger partial charge in [0.05, 0.1) is 27.4 Å². The molecule has 3 heterocycles. The Balaban J connectivity index is 1.59. The Labute approximate surface area is 212 Å². The number of nitrogens with one attached hydrogen (secondary N) is 1. The van der Waals surface area contributed by atoms with Gasteiger partial charge in [0, 0.05) is 24.8 Å². The first-order valence-corrected chi connectivity index (χ1v) is 13.3. The highest BCUT2D eigenvalue weighted by atomic mass is 32.2. The molecule has 0 saturated carbocycles. The lowest BCUT2D eigenvalue weighted by molar-refractivity contribution is -0.137. The second-order valence-electron chi connectivity index (χ2n) is 9.61. The van der Waals surface area contributed by atoms with Gasteiger partial charge in [-0.1, -0.05) is 30.3 Å².